The van der Waals surface area contributed by atoms with Gasteiger partial charge >= 0.3 is 5.97 Å². The van der Waals surface area contributed by atoms with Crippen LogP contribution >= 0.6 is 15.9 Å². The van der Waals surface area contributed by atoms with Crippen molar-refractivity contribution in [3.63, 3.8) is 0 Å². The van der Waals surface area contributed by atoms with Crippen LogP contribution in [0.15, 0.2) is 27.5 Å². The van der Waals surface area contributed by atoms with Crippen LogP contribution in [0, 0.1) is 6.92 Å². The van der Waals surface area contributed by atoms with Gasteiger partial charge in [-0.2, -0.15) is 0 Å². The van der Waals surface area contributed by atoms with E-state index in [0.717, 1.165) is 20.9 Å². The lowest BCUT2D eigenvalue weighted by atomic mass is 10.0. The zero-order valence-electron chi connectivity index (χ0n) is 10.0. The summed E-state index contributed by atoms with van der Waals surface area (Å²) in [6.45, 7) is 1.91. The van der Waals surface area contributed by atoms with Crippen LogP contribution in [0.3, 0.4) is 0 Å². The first-order chi connectivity index (χ1) is 8.52. The maximum Gasteiger partial charge on any atom is 0.310 e. The number of hydrogen-bond acceptors (Lipinski definition) is 3. The Bertz CT molecular complexity index is 676. The van der Waals surface area contributed by atoms with Gasteiger partial charge in [-0.05, 0) is 24.1 Å². The zero-order valence-corrected chi connectivity index (χ0v) is 11.6. The van der Waals surface area contributed by atoms with Crippen LogP contribution in [0.4, 0.5) is 0 Å². The standard InChI is InChI=1S/C13H12BrNO3/c1-7-10(14)4-3-9-8(6-12(17)18-2)5-11(16)15-13(7)9/h3-5H,6H2,1-2H3,(H,15,16). The lowest BCUT2D eigenvalue weighted by molar-refractivity contribution is -0.139. The summed E-state index contributed by atoms with van der Waals surface area (Å²) in [6, 6.07) is 5.21. The number of aromatic nitrogens is 1. The molecule has 2 aromatic rings. The largest absolute Gasteiger partial charge is 0.469 e. The van der Waals surface area contributed by atoms with E-state index in [1.165, 1.54) is 13.2 Å². The zero-order chi connectivity index (χ0) is 13.3. The molecule has 0 bridgehead atoms. The maximum absolute atomic E-state index is 11.6. The molecule has 1 heterocycles. The van der Waals surface area contributed by atoms with Crippen molar-refractivity contribution in [1.82, 2.24) is 4.98 Å². The minimum atomic E-state index is -0.359. The molecule has 0 unspecified atom stereocenters. The van der Waals surface area contributed by atoms with E-state index in [0.29, 0.717) is 5.56 Å². The molecule has 0 radical (unpaired) electrons. The number of rotatable bonds is 2. The summed E-state index contributed by atoms with van der Waals surface area (Å²) in [5.41, 5.74) is 2.14. The third-order valence-electron chi connectivity index (χ3n) is 2.86. The van der Waals surface area contributed by atoms with Crippen LogP contribution in [0.5, 0.6) is 0 Å². The van der Waals surface area contributed by atoms with Gasteiger partial charge in [0.1, 0.15) is 0 Å². The Morgan fingerprint density at radius 3 is 2.83 bits per heavy atom. The number of ether oxygens (including phenoxy) is 1. The molecule has 94 valence electrons. The van der Waals surface area contributed by atoms with E-state index in [4.69, 9.17) is 0 Å². The van der Waals surface area contributed by atoms with Crippen molar-refractivity contribution < 1.29 is 9.53 Å². The molecule has 1 N–H and O–H groups in total. The number of halogens is 1. The van der Waals surface area contributed by atoms with Gasteiger partial charge in [0.2, 0.25) is 5.56 Å². The fourth-order valence-electron chi connectivity index (χ4n) is 1.88. The molecule has 0 amide bonds. The highest BCUT2D eigenvalue weighted by molar-refractivity contribution is 9.10. The van der Waals surface area contributed by atoms with Crippen molar-refractivity contribution >= 4 is 32.8 Å². The summed E-state index contributed by atoms with van der Waals surface area (Å²) in [7, 11) is 1.33. The summed E-state index contributed by atoms with van der Waals surface area (Å²) in [5.74, 6) is -0.359. The van der Waals surface area contributed by atoms with Crippen molar-refractivity contribution in [3.05, 3.63) is 44.2 Å². The number of fused-ring (bicyclic) bond motifs is 1. The molecule has 0 saturated heterocycles. The summed E-state index contributed by atoms with van der Waals surface area (Å²) in [6.07, 6.45) is 0.0952. The highest BCUT2D eigenvalue weighted by Gasteiger charge is 2.11. The second-order valence-electron chi connectivity index (χ2n) is 4.01. The lowest BCUT2D eigenvalue weighted by Crippen LogP contribution is -2.11. The van der Waals surface area contributed by atoms with Gasteiger partial charge in [0, 0.05) is 15.9 Å². The smallest absolute Gasteiger partial charge is 0.310 e. The van der Waals surface area contributed by atoms with Crippen molar-refractivity contribution in [3.8, 4) is 0 Å². The monoisotopic (exact) mass is 309 g/mol. The number of pyridine rings is 1. The molecule has 1 aromatic carbocycles. The Morgan fingerprint density at radius 1 is 1.44 bits per heavy atom. The molecule has 5 heteroatoms. The number of aromatic amines is 1. The topological polar surface area (TPSA) is 59.2 Å². The summed E-state index contributed by atoms with van der Waals surface area (Å²) >= 11 is 3.42. The fraction of sp³-hybridized carbons (Fsp3) is 0.231. The van der Waals surface area contributed by atoms with Crippen molar-refractivity contribution in [1.29, 1.82) is 0 Å². The Balaban J connectivity index is 2.70. The second kappa shape index (κ2) is 4.94. The number of benzene rings is 1. The predicted octanol–water partition coefficient (Wildman–Crippen LogP) is 2.31. The van der Waals surface area contributed by atoms with Gasteiger partial charge in [-0.15, -0.1) is 0 Å². The van der Waals surface area contributed by atoms with Crippen LogP contribution in [-0.2, 0) is 16.0 Å². The minimum Gasteiger partial charge on any atom is -0.469 e. The molecule has 0 aliphatic heterocycles. The Kier molecular flexibility index (Phi) is 3.52. The van der Waals surface area contributed by atoms with Crippen LogP contribution in [0.25, 0.3) is 10.9 Å². The number of carbonyl (C=O) groups excluding carboxylic acids is 1. The number of H-pyrrole nitrogens is 1. The van der Waals surface area contributed by atoms with Crippen molar-refractivity contribution in [2.45, 2.75) is 13.3 Å². The van der Waals surface area contributed by atoms with Gasteiger partial charge < -0.3 is 9.72 Å². The van der Waals surface area contributed by atoms with E-state index in [1.807, 2.05) is 19.1 Å². The summed E-state index contributed by atoms with van der Waals surface area (Å²) < 4.78 is 5.55. The molecule has 1 aromatic heterocycles. The van der Waals surface area contributed by atoms with E-state index in [9.17, 15) is 9.59 Å². The Morgan fingerprint density at radius 2 is 2.17 bits per heavy atom. The highest BCUT2D eigenvalue weighted by atomic mass is 79.9. The number of methoxy groups -OCH3 is 1. The molecule has 0 saturated carbocycles. The predicted molar refractivity (Wildman–Crippen MR) is 72.7 cm³/mol. The number of carbonyl (C=O) groups is 1. The first-order valence-electron chi connectivity index (χ1n) is 5.40. The molecule has 0 aliphatic carbocycles. The third-order valence-corrected chi connectivity index (χ3v) is 3.72. The van der Waals surface area contributed by atoms with E-state index >= 15 is 0 Å². The molecule has 0 aliphatic rings. The SMILES string of the molecule is COC(=O)Cc1cc(=O)[nH]c2c(C)c(Br)ccc12. The van der Waals surface area contributed by atoms with E-state index in [1.54, 1.807) is 0 Å². The van der Waals surface area contributed by atoms with E-state index in [-0.39, 0.29) is 17.9 Å². The number of hydrogen-bond donors (Lipinski definition) is 1. The highest BCUT2D eigenvalue weighted by Crippen LogP contribution is 2.25. The molecule has 4 nitrogen and oxygen atoms in total. The van der Waals surface area contributed by atoms with Gasteiger partial charge in [0.15, 0.2) is 0 Å². The molecule has 0 fully saturated rings. The van der Waals surface area contributed by atoms with E-state index < -0.39 is 0 Å². The van der Waals surface area contributed by atoms with Gasteiger partial charge in [0.05, 0.1) is 19.0 Å². The second-order valence-corrected chi connectivity index (χ2v) is 4.86. The lowest BCUT2D eigenvalue weighted by Gasteiger charge is -2.08. The van der Waals surface area contributed by atoms with Gasteiger partial charge in [-0.3, -0.25) is 9.59 Å². The first-order valence-corrected chi connectivity index (χ1v) is 6.20. The molecule has 2 rings (SSSR count). The van der Waals surface area contributed by atoms with Crippen LogP contribution < -0.4 is 5.56 Å². The van der Waals surface area contributed by atoms with Crippen molar-refractivity contribution in [2.24, 2.45) is 0 Å². The quantitative estimate of drug-likeness (QED) is 0.866. The fourth-order valence-corrected chi connectivity index (χ4v) is 2.21. The van der Waals surface area contributed by atoms with Crippen molar-refractivity contribution in [2.75, 3.05) is 7.11 Å². The Labute approximate surface area is 112 Å². The van der Waals surface area contributed by atoms with Crippen LogP contribution in [0.2, 0.25) is 0 Å². The molecular formula is C13H12BrNO3. The molecular weight excluding hydrogens is 298 g/mol. The number of esters is 1. The maximum atomic E-state index is 11.6. The number of nitrogens with one attached hydrogen (secondary N) is 1. The Hall–Kier alpha value is -1.62. The molecule has 0 atom stereocenters. The van der Waals surface area contributed by atoms with E-state index in [2.05, 4.69) is 25.7 Å². The number of aryl methyl sites for hydroxylation is 1. The molecule has 0 spiro atoms. The van der Waals surface area contributed by atoms with Gasteiger partial charge in [-0.25, -0.2) is 0 Å². The van der Waals surface area contributed by atoms with Gasteiger partial charge in [0.25, 0.3) is 0 Å². The molecule has 18 heavy (non-hydrogen) atoms. The summed E-state index contributed by atoms with van der Waals surface area (Å²) in [5, 5.41) is 0.862. The van der Waals surface area contributed by atoms with Crippen LogP contribution in [-0.4, -0.2) is 18.1 Å². The average Bonchev–Trinajstić information content (AvgIpc) is 2.34. The average molecular weight is 310 g/mol. The van der Waals surface area contributed by atoms with Crippen LogP contribution in [0.1, 0.15) is 11.1 Å². The third kappa shape index (κ3) is 2.31. The first kappa shape index (κ1) is 12.8. The summed E-state index contributed by atoms with van der Waals surface area (Å²) in [4.78, 5) is 25.8. The normalized spacial score (nSPS) is 10.6. The van der Waals surface area contributed by atoms with Gasteiger partial charge in [-0.1, -0.05) is 22.0 Å². The minimum absolute atomic E-state index is 0.0952.